The van der Waals surface area contributed by atoms with E-state index in [0.29, 0.717) is 36.3 Å². The highest BCUT2D eigenvalue weighted by molar-refractivity contribution is 9.11. The Morgan fingerprint density at radius 2 is 1.97 bits per heavy atom. The molecule has 2 saturated heterocycles. The number of halogens is 5. The SMILES string of the molecule is Nc1nc(O[C@H](c2cc(Br)ccc2Br)C(F)(F)F)cc(N2CCC3(CC2)CNC(C(=O)O)C3)n1. The minimum absolute atomic E-state index is 0.109. The van der Waals surface area contributed by atoms with Gasteiger partial charge < -0.3 is 25.8 Å². The summed E-state index contributed by atoms with van der Waals surface area (Å²) in [6.45, 7) is 1.74. The third-order valence-corrected chi connectivity index (χ3v) is 7.51. The van der Waals surface area contributed by atoms with E-state index in [-0.39, 0.29) is 27.3 Å². The Hall–Kier alpha value is -2.12. The molecule has 2 fully saturated rings. The predicted octanol–water partition coefficient (Wildman–Crippen LogP) is 4.30. The number of nitrogens with one attached hydrogen (secondary N) is 1. The van der Waals surface area contributed by atoms with Crippen molar-refractivity contribution in [3.63, 3.8) is 0 Å². The van der Waals surface area contributed by atoms with Crippen LogP contribution in [-0.2, 0) is 4.79 Å². The van der Waals surface area contributed by atoms with Crippen molar-refractivity contribution >= 4 is 49.6 Å². The van der Waals surface area contributed by atoms with Gasteiger partial charge in [0.1, 0.15) is 11.9 Å². The van der Waals surface area contributed by atoms with Crippen LogP contribution in [0.2, 0.25) is 0 Å². The number of nitrogen functional groups attached to an aromatic ring is 1. The smallest absolute Gasteiger partial charge is 0.429 e. The van der Waals surface area contributed by atoms with Crippen molar-refractivity contribution in [1.29, 1.82) is 0 Å². The summed E-state index contributed by atoms with van der Waals surface area (Å²) in [6, 6.07) is 5.24. The van der Waals surface area contributed by atoms with E-state index in [1.807, 2.05) is 4.90 Å². The van der Waals surface area contributed by atoms with Crippen LogP contribution in [0.3, 0.4) is 0 Å². The molecular weight excluding hydrogens is 587 g/mol. The van der Waals surface area contributed by atoms with Crippen molar-refractivity contribution < 1.29 is 27.8 Å². The van der Waals surface area contributed by atoms with Gasteiger partial charge in [-0.3, -0.25) is 4.79 Å². The lowest BCUT2D eigenvalue weighted by atomic mass is 9.76. The number of nitrogens with zero attached hydrogens (tertiary/aromatic N) is 3. The number of rotatable bonds is 5. The first kappa shape index (κ1) is 25.0. The molecule has 184 valence electrons. The lowest BCUT2D eigenvalue weighted by molar-refractivity contribution is -0.198. The molecule has 2 aromatic rings. The molecular formula is C21H22Br2F3N5O3. The van der Waals surface area contributed by atoms with E-state index in [0.717, 1.165) is 12.8 Å². The second-order valence-corrected chi connectivity index (χ2v) is 10.4. The fourth-order valence-corrected chi connectivity index (χ4v) is 5.31. The molecule has 8 nitrogen and oxygen atoms in total. The lowest BCUT2D eigenvalue weighted by Gasteiger charge is -2.39. The van der Waals surface area contributed by atoms with Crippen LogP contribution in [0.5, 0.6) is 5.88 Å². The average Bonchev–Trinajstić information content (AvgIpc) is 3.17. The van der Waals surface area contributed by atoms with Gasteiger partial charge in [0.15, 0.2) is 0 Å². The van der Waals surface area contributed by atoms with Crippen LogP contribution in [0.15, 0.2) is 33.2 Å². The Morgan fingerprint density at radius 1 is 1.26 bits per heavy atom. The molecule has 1 aromatic carbocycles. The van der Waals surface area contributed by atoms with E-state index in [2.05, 4.69) is 47.1 Å². The van der Waals surface area contributed by atoms with Crippen molar-refractivity contribution in [1.82, 2.24) is 15.3 Å². The van der Waals surface area contributed by atoms with Gasteiger partial charge in [0.25, 0.3) is 0 Å². The highest BCUT2D eigenvalue weighted by Crippen LogP contribution is 2.42. The number of alkyl halides is 3. The van der Waals surface area contributed by atoms with Gasteiger partial charge in [0, 0.05) is 40.2 Å². The fourth-order valence-electron chi connectivity index (χ4n) is 4.48. The number of aromatic nitrogens is 2. The van der Waals surface area contributed by atoms with Crippen molar-refractivity contribution in [2.75, 3.05) is 30.3 Å². The first-order valence-corrected chi connectivity index (χ1v) is 12.1. The van der Waals surface area contributed by atoms with Gasteiger partial charge in [-0.15, -0.1) is 0 Å². The Balaban J connectivity index is 1.53. The number of carboxylic acids is 1. The minimum atomic E-state index is -4.71. The van der Waals surface area contributed by atoms with Crippen molar-refractivity contribution in [2.45, 2.75) is 37.6 Å². The van der Waals surface area contributed by atoms with Gasteiger partial charge in [0.05, 0.1) is 0 Å². The van der Waals surface area contributed by atoms with Crippen LogP contribution in [-0.4, -0.2) is 52.9 Å². The number of hydrogen-bond acceptors (Lipinski definition) is 7. The molecule has 4 rings (SSSR count). The summed E-state index contributed by atoms with van der Waals surface area (Å²) in [4.78, 5) is 21.3. The van der Waals surface area contributed by atoms with Crippen molar-refractivity contribution in [3.8, 4) is 5.88 Å². The zero-order chi connectivity index (χ0) is 24.7. The lowest BCUT2D eigenvalue weighted by Crippen LogP contribution is -2.41. The first-order valence-electron chi connectivity index (χ1n) is 10.5. The number of piperidine rings is 1. The molecule has 3 heterocycles. The summed E-state index contributed by atoms with van der Waals surface area (Å²) >= 11 is 6.36. The average molecular weight is 609 g/mol. The quantitative estimate of drug-likeness (QED) is 0.461. The summed E-state index contributed by atoms with van der Waals surface area (Å²) in [5, 5.41) is 12.3. The van der Waals surface area contributed by atoms with Gasteiger partial charge in [0.2, 0.25) is 17.9 Å². The molecule has 0 amide bonds. The van der Waals surface area contributed by atoms with E-state index < -0.39 is 24.3 Å². The molecule has 1 unspecified atom stereocenters. The molecule has 0 bridgehead atoms. The normalized spacial score (nSPS) is 21.0. The molecule has 0 saturated carbocycles. The topological polar surface area (TPSA) is 114 Å². The number of anilines is 2. The maximum absolute atomic E-state index is 13.9. The molecule has 2 atom stereocenters. The summed E-state index contributed by atoms with van der Waals surface area (Å²) < 4.78 is 47.8. The van der Waals surface area contributed by atoms with E-state index in [1.165, 1.54) is 18.2 Å². The van der Waals surface area contributed by atoms with Gasteiger partial charge in [-0.1, -0.05) is 31.9 Å². The van der Waals surface area contributed by atoms with Crippen LogP contribution in [0, 0.1) is 5.41 Å². The number of hydrogen-bond donors (Lipinski definition) is 3. The largest absolute Gasteiger partial charge is 0.480 e. The number of ether oxygens (including phenoxy) is 1. The second-order valence-electron chi connectivity index (χ2n) is 8.59. The summed E-state index contributed by atoms with van der Waals surface area (Å²) in [5.41, 5.74) is 5.58. The summed E-state index contributed by atoms with van der Waals surface area (Å²) in [6.07, 6.45) is -4.99. The van der Waals surface area contributed by atoms with Crippen molar-refractivity contribution in [2.24, 2.45) is 5.41 Å². The van der Waals surface area contributed by atoms with Gasteiger partial charge >= 0.3 is 12.1 Å². The van der Waals surface area contributed by atoms with Crippen molar-refractivity contribution in [3.05, 3.63) is 38.8 Å². The molecule has 1 aromatic heterocycles. The minimum Gasteiger partial charge on any atom is -0.480 e. The number of carbonyl (C=O) groups is 1. The third-order valence-electron chi connectivity index (χ3n) is 6.29. The summed E-state index contributed by atoms with van der Waals surface area (Å²) in [7, 11) is 0. The monoisotopic (exact) mass is 607 g/mol. The Kier molecular flexibility index (Phi) is 6.98. The molecule has 0 aliphatic carbocycles. The predicted molar refractivity (Wildman–Crippen MR) is 126 cm³/mol. The first-order chi connectivity index (χ1) is 16.0. The number of carboxylic acid groups (broad SMARTS) is 1. The third kappa shape index (κ3) is 5.41. The zero-order valence-electron chi connectivity index (χ0n) is 17.8. The molecule has 1 spiro atoms. The molecule has 13 heteroatoms. The van der Waals surface area contributed by atoms with E-state index in [1.54, 1.807) is 6.07 Å². The molecule has 34 heavy (non-hydrogen) atoms. The van der Waals surface area contributed by atoms with Crippen LogP contribution in [0.4, 0.5) is 24.9 Å². The number of benzene rings is 1. The van der Waals surface area contributed by atoms with Crippen LogP contribution < -0.4 is 20.7 Å². The van der Waals surface area contributed by atoms with Gasteiger partial charge in [-0.05, 0) is 42.9 Å². The van der Waals surface area contributed by atoms with Gasteiger partial charge in [-0.25, -0.2) is 0 Å². The van der Waals surface area contributed by atoms with E-state index >= 15 is 0 Å². The Labute approximate surface area is 210 Å². The van der Waals surface area contributed by atoms with Crippen LogP contribution in [0.1, 0.15) is 30.9 Å². The van der Waals surface area contributed by atoms with Crippen LogP contribution >= 0.6 is 31.9 Å². The second kappa shape index (κ2) is 9.50. The van der Waals surface area contributed by atoms with E-state index in [9.17, 15) is 23.1 Å². The molecule has 2 aliphatic heterocycles. The maximum Gasteiger partial charge on any atom is 0.429 e. The fraction of sp³-hybridized carbons (Fsp3) is 0.476. The Bertz CT molecular complexity index is 1080. The zero-order valence-corrected chi connectivity index (χ0v) is 21.0. The summed E-state index contributed by atoms with van der Waals surface area (Å²) in [5.74, 6) is -0.978. The Morgan fingerprint density at radius 3 is 2.59 bits per heavy atom. The molecule has 4 N–H and O–H groups in total. The van der Waals surface area contributed by atoms with E-state index in [4.69, 9.17) is 10.5 Å². The highest BCUT2D eigenvalue weighted by atomic mass is 79.9. The standard InChI is InChI=1S/C21H22Br2F3N5O3/c22-11-1-2-13(23)12(7-11)17(21(24,25)26)34-16-8-15(29-19(27)30-16)31-5-3-20(4-6-31)9-14(18(32)33)28-10-20/h1-2,7-8,14,17,28H,3-6,9-10H2,(H,32,33)(H2,27,29,30)/t14?,17-/m1/s1. The van der Waals surface area contributed by atoms with Gasteiger partial charge in [-0.2, -0.15) is 23.1 Å². The molecule has 2 aliphatic rings. The molecule has 0 radical (unpaired) electrons. The van der Waals surface area contributed by atoms with Crippen LogP contribution in [0.25, 0.3) is 0 Å². The maximum atomic E-state index is 13.9. The highest BCUT2D eigenvalue weighted by Gasteiger charge is 2.45. The number of nitrogens with two attached hydrogens (primary N) is 1. The number of aliphatic carboxylic acids is 1.